The second kappa shape index (κ2) is 5.26. The van der Waals surface area contributed by atoms with Crippen LogP contribution in [0.25, 0.3) is 32.7 Å². The Balaban J connectivity index is 2.28. The van der Waals surface area contributed by atoms with E-state index < -0.39 is 0 Å². The van der Waals surface area contributed by atoms with Crippen molar-refractivity contribution in [3.63, 3.8) is 0 Å². The summed E-state index contributed by atoms with van der Waals surface area (Å²) in [6.07, 6.45) is 0. The maximum Gasteiger partial charge on any atom is 0.100 e. The van der Waals surface area contributed by atoms with Crippen LogP contribution >= 0.6 is 0 Å². The average molecular weight is 293 g/mol. The first-order valence-corrected chi connectivity index (χ1v) is 7.70. The molecule has 0 saturated heterocycles. The summed E-state index contributed by atoms with van der Waals surface area (Å²) in [4.78, 5) is 0. The van der Waals surface area contributed by atoms with Crippen LogP contribution < -0.4 is 0 Å². The van der Waals surface area contributed by atoms with Gasteiger partial charge >= 0.3 is 0 Å². The molecule has 0 radical (unpaired) electrons. The third-order valence-corrected chi connectivity index (χ3v) is 4.35. The normalized spacial score (nSPS) is 10.8. The predicted octanol–water partition coefficient (Wildman–Crippen LogP) is 5.84. The molecule has 0 saturated carbocycles. The van der Waals surface area contributed by atoms with E-state index >= 15 is 0 Å². The van der Waals surface area contributed by atoms with Gasteiger partial charge in [-0.3, -0.25) is 0 Å². The fourth-order valence-electron chi connectivity index (χ4n) is 3.36. The highest BCUT2D eigenvalue weighted by Gasteiger charge is 2.14. The Bertz CT molecular complexity index is 1030. The maximum atomic E-state index is 9.69. The average Bonchev–Trinajstić information content (AvgIpc) is 2.59. The lowest BCUT2D eigenvalue weighted by atomic mass is 9.88. The van der Waals surface area contributed by atoms with Crippen LogP contribution in [-0.2, 0) is 0 Å². The van der Waals surface area contributed by atoms with Crippen LogP contribution in [0.5, 0.6) is 0 Å². The van der Waals surface area contributed by atoms with Crippen molar-refractivity contribution in [1.82, 2.24) is 0 Å². The Hall–Kier alpha value is -3.11. The maximum absolute atomic E-state index is 9.69. The lowest BCUT2D eigenvalue weighted by Gasteiger charge is -2.14. The zero-order chi connectivity index (χ0) is 15.8. The summed E-state index contributed by atoms with van der Waals surface area (Å²) in [5, 5.41) is 14.0. The van der Waals surface area contributed by atoms with E-state index in [1.165, 1.54) is 16.7 Å². The van der Waals surface area contributed by atoms with Crippen molar-refractivity contribution in [1.29, 1.82) is 5.26 Å². The van der Waals surface area contributed by atoms with Crippen LogP contribution in [0.3, 0.4) is 0 Å². The van der Waals surface area contributed by atoms with E-state index in [1.807, 2.05) is 36.4 Å². The van der Waals surface area contributed by atoms with Crippen LogP contribution in [0, 0.1) is 18.3 Å². The van der Waals surface area contributed by atoms with Crippen molar-refractivity contribution >= 4 is 21.5 Å². The Morgan fingerprint density at radius 1 is 0.696 bits per heavy atom. The lowest BCUT2D eigenvalue weighted by Crippen LogP contribution is -1.90. The van der Waals surface area contributed by atoms with Crippen molar-refractivity contribution in [2.45, 2.75) is 6.92 Å². The number of rotatable bonds is 1. The molecule has 0 N–H and O–H groups in total. The topological polar surface area (TPSA) is 23.8 Å². The van der Waals surface area contributed by atoms with Crippen molar-refractivity contribution in [2.75, 3.05) is 0 Å². The monoisotopic (exact) mass is 293 g/mol. The SMILES string of the molecule is Cc1cccc(-c2c3ccccc3c(C#N)c3ccccc23)c1. The molecule has 1 nitrogen and oxygen atoms in total. The molecule has 0 aromatic heterocycles. The van der Waals surface area contributed by atoms with Crippen molar-refractivity contribution in [2.24, 2.45) is 0 Å². The van der Waals surface area contributed by atoms with Crippen LogP contribution in [-0.4, -0.2) is 0 Å². The second-order valence-electron chi connectivity index (χ2n) is 5.82. The molecule has 0 unspecified atom stereocenters. The Kier molecular flexibility index (Phi) is 3.10. The van der Waals surface area contributed by atoms with Crippen LogP contribution in [0.4, 0.5) is 0 Å². The molecule has 0 heterocycles. The van der Waals surface area contributed by atoms with E-state index in [-0.39, 0.29) is 0 Å². The van der Waals surface area contributed by atoms with Gasteiger partial charge in [0.05, 0.1) is 5.56 Å². The summed E-state index contributed by atoms with van der Waals surface area (Å²) in [6.45, 7) is 2.11. The molecule has 0 fully saturated rings. The van der Waals surface area contributed by atoms with Gasteiger partial charge in [-0.2, -0.15) is 5.26 Å². The third-order valence-electron chi connectivity index (χ3n) is 4.35. The highest BCUT2D eigenvalue weighted by atomic mass is 14.3. The van der Waals surface area contributed by atoms with Gasteiger partial charge in [0.15, 0.2) is 0 Å². The molecule has 4 rings (SSSR count). The zero-order valence-corrected chi connectivity index (χ0v) is 12.9. The van der Waals surface area contributed by atoms with Gasteiger partial charge in [0.25, 0.3) is 0 Å². The number of nitrogens with zero attached hydrogens (tertiary/aromatic N) is 1. The second-order valence-corrected chi connectivity index (χ2v) is 5.82. The molecule has 0 aliphatic carbocycles. The van der Waals surface area contributed by atoms with Gasteiger partial charge in [-0.25, -0.2) is 0 Å². The highest BCUT2D eigenvalue weighted by Crippen LogP contribution is 2.38. The Morgan fingerprint density at radius 3 is 1.78 bits per heavy atom. The molecular formula is C22H15N. The number of nitriles is 1. The van der Waals surface area contributed by atoms with Gasteiger partial charge in [-0.1, -0.05) is 78.4 Å². The quantitative estimate of drug-likeness (QED) is 0.404. The Labute approximate surface area is 135 Å². The first kappa shape index (κ1) is 13.5. The minimum absolute atomic E-state index is 0.757. The third kappa shape index (κ3) is 2.08. The molecule has 23 heavy (non-hydrogen) atoms. The van der Waals surface area contributed by atoms with Crippen molar-refractivity contribution < 1.29 is 0 Å². The van der Waals surface area contributed by atoms with Gasteiger partial charge < -0.3 is 0 Å². The molecule has 0 amide bonds. The molecule has 0 atom stereocenters. The number of benzene rings is 4. The van der Waals surface area contributed by atoms with Crippen LogP contribution in [0.15, 0.2) is 72.8 Å². The van der Waals surface area contributed by atoms with Gasteiger partial charge in [0.2, 0.25) is 0 Å². The smallest absolute Gasteiger partial charge is 0.100 e. The molecule has 0 spiro atoms. The highest BCUT2D eigenvalue weighted by molar-refractivity contribution is 6.16. The first-order chi connectivity index (χ1) is 11.3. The van der Waals surface area contributed by atoms with Crippen LogP contribution in [0.1, 0.15) is 11.1 Å². The fourth-order valence-corrected chi connectivity index (χ4v) is 3.36. The van der Waals surface area contributed by atoms with E-state index in [4.69, 9.17) is 0 Å². The minimum atomic E-state index is 0.757. The molecule has 1 heteroatoms. The molecule has 0 aliphatic rings. The summed E-state index contributed by atoms with van der Waals surface area (Å²) in [6, 6.07) is 27.3. The molecule has 0 aliphatic heterocycles. The van der Waals surface area contributed by atoms with E-state index in [0.29, 0.717) is 0 Å². The molecule has 0 bridgehead atoms. The predicted molar refractivity (Wildman–Crippen MR) is 96.3 cm³/mol. The van der Waals surface area contributed by atoms with Gasteiger partial charge in [0, 0.05) is 10.8 Å². The fraction of sp³-hybridized carbons (Fsp3) is 0.0455. The van der Waals surface area contributed by atoms with E-state index in [0.717, 1.165) is 27.1 Å². The summed E-state index contributed by atoms with van der Waals surface area (Å²) in [5.41, 5.74) is 4.40. The van der Waals surface area contributed by atoms with Crippen molar-refractivity contribution in [3.05, 3.63) is 83.9 Å². The molecular weight excluding hydrogens is 278 g/mol. The van der Waals surface area contributed by atoms with E-state index in [2.05, 4.69) is 49.4 Å². The van der Waals surface area contributed by atoms with Crippen molar-refractivity contribution in [3.8, 4) is 17.2 Å². The molecule has 108 valence electrons. The van der Waals surface area contributed by atoms with Crippen LogP contribution in [0.2, 0.25) is 0 Å². The van der Waals surface area contributed by atoms with Gasteiger partial charge in [-0.05, 0) is 28.8 Å². The largest absolute Gasteiger partial charge is 0.192 e. The standard InChI is InChI=1S/C22H15N/c1-15-7-6-8-16(13-15)22-19-11-4-2-9-17(19)21(14-23)18-10-3-5-12-20(18)22/h2-13H,1H3. The number of aryl methyl sites for hydroxylation is 1. The number of hydrogen-bond donors (Lipinski definition) is 0. The van der Waals surface area contributed by atoms with Gasteiger partial charge in [0.1, 0.15) is 6.07 Å². The summed E-state index contributed by atoms with van der Waals surface area (Å²) in [7, 11) is 0. The summed E-state index contributed by atoms with van der Waals surface area (Å²) in [5.74, 6) is 0. The first-order valence-electron chi connectivity index (χ1n) is 7.70. The van der Waals surface area contributed by atoms with E-state index in [9.17, 15) is 5.26 Å². The number of hydrogen-bond acceptors (Lipinski definition) is 1. The Morgan fingerprint density at radius 2 is 1.26 bits per heavy atom. The minimum Gasteiger partial charge on any atom is -0.192 e. The molecule has 4 aromatic rings. The van der Waals surface area contributed by atoms with E-state index in [1.54, 1.807) is 0 Å². The summed E-state index contributed by atoms with van der Waals surface area (Å²) >= 11 is 0. The summed E-state index contributed by atoms with van der Waals surface area (Å²) < 4.78 is 0. The lowest BCUT2D eigenvalue weighted by molar-refractivity contribution is 1.47. The zero-order valence-electron chi connectivity index (χ0n) is 12.9. The molecule has 4 aromatic carbocycles. The number of fused-ring (bicyclic) bond motifs is 2. The van der Waals surface area contributed by atoms with Gasteiger partial charge in [-0.15, -0.1) is 0 Å².